The largest absolute Gasteiger partial charge is 0.357 e. The van der Waals surface area contributed by atoms with Crippen LogP contribution in [-0.2, 0) is 12.0 Å². The van der Waals surface area contributed by atoms with Crippen LogP contribution >= 0.6 is 35.3 Å². The minimum atomic E-state index is -0.0499. The van der Waals surface area contributed by atoms with Crippen molar-refractivity contribution in [3.63, 3.8) is 0 Å². The fourth-order valence-corrected chi connectivity index (χ4v) is 3.49. The van der Waals surface area contributed by atoms with Crippen molar-refractivity contribution in [2.75, 3.05) is 19.6 Å². The van der Waals surface area contributed by atoms with Gasteiger partial charge in [0, 0.05) is 35.5 Å². The predicted octanol–water partition coefficient (Wildman–Crippen LogP) is 4.15. The van der Waals surface area contributed by atoms with Crippen molar-refractivity contribution in [1.82, 2.24) is 16.0 Å². The van der Waals surface area contributed by atoms with Crippen LogP contribution in [0.2, 0.25) is 0 Å². The fraction of sp³-hybridized carbons (Fsp3) is 0.429. The number of amides is 1. The zero-order valence-corrected chi connectivity index (χ0v) is 20.2. The zero-order valence-electron chi connectivity index (χ0n) is 17.0. The number of rotatable bonds is 8. The number of guanidine groups is 1. The molecule has 0 saturated heterocycles. The van der Waals surface area contributed by atoms with Crippen LogP contribution in [0.5, 0.6) is 0 Å². The second-order valence-corrected chi connectivity index (χ2v) is 7.92. The normalized spacial score (nSPS) is 11.5. The van der Waals surface area contributed by atoms with Crippen molar-refractivity contribution in [3.8, 4) is 0 Å². The third-order valence-electron chi connectivity index (χ3n) is 4.18. The van der Waals surface area contributed by atoms with Crippen LogP contribution in [0.15, 0.2) is 46.8 Å². The quantitative estimate of drug-likeness (QED) is 0.282. The summed E-state index contributed by atoms with van der Waals surface area (Å²) in [6.07, 6.45) is 0. The highest BCUT2D eigenvalue weighted by Crippen LogP contribution is 2.26. The number of nitrogens with one attached hydrogen (secondary N) is 3. The molecule has 2 rings (SSSR count). The standard InChI is InChI=1S/C21H30N4OS.HI/c1-5-22-19(26)17-10-7-9-16(13-17)14-24-20(23-6-2)25-15-21(3,4)18-11-8-12-27-18;/h7-13H,5-6,14-15H2,1-4H3,(H,22,26)(H2,23,24,25);1H. The average Bonchev–Trinajstić information content (AvgIpc) is 3.20. The van der Waals surface area contributed by atoms with E-state index in [4.69, 9.17) is 0 Å². The van der Waals surface area contributed by atoms with E-state index in [2.05, 4.69) is 59.2 Å². The highest BCUT2D eigenvalue weighted by atomic mass is 127. The van der Waals surface area contributed by atoms with Crippen LogP contribution in [0.3, 0.4) is 0 Å². The first-order chi connectivity index (χ1) is 13.0. The third-order valence-corrected chi connectivity index (χ3v) is 5.41. The Labute approximate surface area is 189 Å². The molecule has 0 atom stereocenters. The second kappa shape index (κ2) is 12.1. The molecule has 0 saturated carbocycles. The summed E-state index contributed by atoms with van der Waals surface area (Å²) in [6.45, 7) is 11.1. The van der Waals surface area contributed by atoms with Gasteiger partial charge in [-0.05, 0) is 43.0 Å². The number of aliphatic imine (C=N–C) groups is 1. The van der Waals surface area contributed by atoms with Crippen LogP contribution in [0.4, 0.5) is 0 Å². The van der Waals surface area contributed by atoms with Crippen LogP contribution in [0.1, 0.15) is 48.5 Å². The van der Waals surface area contributed by atoms with Gasteiger partial charge in [-0.2, -0.15) is 0 Å². The second-order valence-electron chi connectivity index (χ2n) is 6.97. The molecule has 1 heterocycles. The van der Waals surface area contributed by atoms with Crippen molar-refractivity contribution >= 4 is 47.2 Å². The molecular formula is C21H31IN4OS. The molecular weight excluding hydrogens is 483 g/mol. The van der Waals surface area contributed by atoms with Gasteiger partial charge in [-0.25, -0.2) is 4.99 Å². The topological polar surface area (TPSA) is 65.5 Å². The maximum absolute atomic E-state index is 12.0. The van der Waals surface area contributed by atoms with Gasteiger partial charge in [0.05, 0.1) is 6.54 Å². The zero-order chi connectivity index (χ0) is 19.7. The van der Waals surface area contributed by atoms with Crippen LogP contribution in [0.25, 0.3) is 0 Å². The Hall–Kier alpha value is -1.61. The highest BCUT2D eigenvalue weighted by Gasteiger charge is 2.21. The van der Waals surface area contributed by atoms with Crippen molar-refractivity contribution in [1.29, 1.82) is 0 Å². The molecule has 1 amide bonds. The number of carbonyl (C=O) groups is 1. The van der Waals surface area contributed by atoms with Gasteiger partial charge in [0.15, 0.2) is 5.96 Å². The smallest absolute Gasteiger partial charge is 0.251 e. The van der Waals surface area contributed by atoms with E-state index >= 15 is 0 Å². The summed E-state index contributed by atoms with van der Waals surface area (Å²) < 4.78 is 0. The lowest BCUT2D eigenvalue weighted by Crippen LogP contribution is -2.43. The summed E-state index contributed by atoms with van der Waals surface area (Å²) in [5.74, 6) is 0.733. The van der Waals surface area contributed by atoms with E-state index in [1.165, 1.54) is 4.88 Å². The maximum Gasteiger partial charge on any atom is 0.251 e. The van der Waals surface area contributed by atoms with Gasteiger partial charge in [0.2, 0.25) is 0 Å². The molecule has 7 heteroatoms. The predicted molar refractivity (Wildman–Crippen MR) is 130 cm³/mol. The lowest BCUT2D eigenvalue weighted by atomic mass is 9.91. The van der Waals surface area contributed by atoms with E-state index in [-0.39, 0.29) is 35.3 Å². The first-order valence-corrected chi connectivity index (χ1v) is 10.3. The van der Waals surface area contributed by atoms with Gasteiger partial charge < -0.3 is 16.0 Å². The minimum Gasteiger partial charge on any atom is -0.357 e. The molecule has 3 N–H and O–H groups in total. The van der Waals surface area contributed by atoms with Gasteiger partial charge in [0.1, 0.15) is 0 Å². The van der Waals surface area contributed by atoms with E-state index in [1.54, 1.807) is 11.3 Å². The van der Waals surface area contributed by atoms with Crippen molar-refractivity contribution in [2.45, 2.75) is 39.7 Å². The molecule has 0 unspecified atom stereocenters. The van der Waals surface area contributed by atoms with Crippen molar-refractivity contribution in [2.24, 2.45) is 4.99 Å². The third kappa shape index (κ3) is 7.43. The Kier molecular flexibility index (Phi) is 10.5. The minimum absolute atomic E-state index is 0. The number of hydrogen-bond donors (Lipinski definition) is 3. The van der Waals surface area contributed by atoms with Gasteiger partial charge in [0.25, 0.3) is 5.91 Å². The van der Waals surface area contributed by atoms with Gasteiger partial charge >= 0.3 is 0 Å². The van der Waals surface area contributed by atoms with E-state index in [9.17, 15) is 4.79 Å². The Bertz CT molecular complexity index is 760. The molecule has 0 aliphatic carbocycles. The Morgan fingerprint density at radius 1 is 1.07 bits per heavy atom. The molecule has 0 radical (unpaired) electrons. The van der Waals surface area contributed by atoms with E-state index in [1.807, 2.05) is 31.2 Å². The van der Waals surface area contributed by atoms with Crippen molar-refractivity contribution in [3.05, 3.63) is 57.8 Å². The maximum atomic E-state index is 12.0. The van der Waals surface area contributed by atoms with Crippen LogP contribution in [-0.4, -0.2) is 31.5 Å². The molecule has 0 fully saturated rings. The summed E-state index contributed by atoms with van der Waals surface area (Å²) in [5, 5.41) is 11.7. The molecule has 28 heavy (non-hydrogen) atoms. The molecule has 1 aromatic carbocycles. The summed E-state index contributed by atoms with van der Waals surface area (Å²) >= 11 is 1.78. The molecule has 5 nitrogen and oxygen atoms in total. The fourth-order valence-electron chi connectivity index (χ4n) is 2.64. The lowest BCUT2D eigenvalue weighted by molar-refractivity contribution is 0.0955. The van der Waals surface area contributed by atoms with Gasteiger partial charge in [-0.1, -0.05) is 32.0 Å². The van der Waals surface area contributed by atoms with Gasteiger partial charge in [-0.15, -0.1) is 35.3 Å². The average molecular weight is 514 g/mol. The summed E-state index contributed by atoms with van der Waals surface area (Å²) in [5.41, 5.74) is 1.71. The SMILES string of the molecule is CCNC(=O)c1cccc(CN=C(NCC)NCC(C)(C)c2cccs2)c1.I. The lowest BCUT2D eigenvalue weighted by Gasteiger charge is -2.25. The summed E-state index contributed by atoms with van der Waals surface area (Å²) in [7, 11) is 0. The summed E-state index contributed by atoms with van der Waals surface area (Å²) in [6, 6.07) is 11.9. The van der Waals surface area contributed by atoms with E-state index in [0.717, 1.165) is 24.6 Å². The Morgan fingerprint density at radius 2 is 1.82 bits per heavy atom. The molecule has 1 aromatic heterocycles. The number of nitrogens with zero attached hydrogens (tertiary/aromatic N) is 1. The molecule has 0 bridgehead atoms. The Morgan fingerprint density at radius 3 is 2.46 bits per heavy atom. The van der Waals surface area contributed by atoms with Gasteiger partial charge in [-0.3, -0.25) is 4.79 Å². The molecule has 0 aliphatic rings. The number of hydrogen-bond acceptors (Lipinski definition) is 3. The number of halogens is 1. The van der Waals surface area contributed by atoms with Crippen LogP contribution < -0.4 is 16.0 Å². The van der Waals surface area contributed by atoms with E-state index in [0.29, 0.717) is 18.7 Å². The van der Waals surface area contributed by atoms with Crippen LogP contribution in [0, 0.1) is 0 Å². The first kappa shape index (κ1) is 24.4. The monoisotopic (exact) mass is 514 g/mol. The molecule has 154 valence electrons. The number of benzene rings is 1. The van der Waals surface area contributed by atoms with E-state index < -0.39 is 0 Å². The van der Waals surface area contributed by atoms with Crippen molar-refractivity contribution < 1.29 is 4.79 Å². The number of thiophene rings is 1. The first-order valence-electron chi connectivity index (χ1n) is 9.39. The molecule has 2 aromatic rings. The highest BCUT2D eigenvalue weighted by molar-refractivity contribution is 14.0. The number of carbonyl (C=O) groups excluding carboxylic acids is 1. The molecule has 0 aliphatic heterocycles. The summed E-state index contributed by atoms with van der Waals surface area (Å²) in [4.78, 5) is 18.0. The molecule has 0 spiro atoms. The Balaban J connectivity index is 0.00000392.